The molecule has 43 rings (SSSR count). The van der Waals surface area contributed by atoms with Gasteiger partial charge in [0.1, 0.15) is 0 Å². The molecule has 0 radical (unpaired) electrons. The molecule has 0 unspecified atom stereocenters. The molecule has 0 saturated heterocycles. The standard InChI is InChI=1S/C100H60/c1-55-65-37-47-75-67(55)39-40-68-56(2)66(38-48-76(68)75)58-23-27-60(28-24-58)70-42-50-90-92-52-44-72(80-12-6-18-86(98(80)92)84-16-4-10-78(70)96(84)90)62-31-35-64(36-32-62)74-46-54-94-93-53-45-73(81-13-7-19-87(99(81)93)88-20-8-14-82(74)100(88)94)63-33-29-61(30-34-63)71-43-51-91-89-49-41-69(59-25-21-57(65)22-26-59)77-9-3-15-83(95(77)89)85-17-5-11-79(71)97(85)91/h3-38,41-54H,39-40H2,1-2H3. The van der Waals surface area contributed by atoms with Gasteiger partial charge in [-0.3, -0.25) is 0 Å². The van der Waals surface area contributed by atoms with E-state index in [1.807, 2.05) is 0 Å². The minimum Gasteiger partial charge on any atom is -0.0610 e. The number of hydrogen-bond acceptors (Lipinski definition) is 0. The van der Waals surface area contributed by atoms with Gasteiger partial charge in [-0.15, -0.1) is 0 Å². The van der Waals surface area contributed by atoms with Crippen molar-refractivity contribution in [1.29, 1.82) is 0 Å². The maximum atomic E-state index is 2.40. The minimum absolute atomic E-state index is 1.02. The minimum atomic E-state index is 1.02. The summed E-state index contributed by atoms with van der Waals surface area (Å²) in [6.45, 7) is 4.70. The van der Waals surface area contributed by atoms with Gasteiger partial charge in [-0.05, 0) is 278 Å². The van der Waals surface area contributed by atoms with Crippen molar-refractivity contribution in [2.24, 2.45) is 0 Å². The Hall–Kier alpha value is -12.5. The molecule has 0 fully saturated rings. The van der Waals surface area contributed by atoms with Crippen LogP contribution < -0.4 is 0 Å². The van der Waals surface area contributed by atoms with Crippen LogP contribution in [0.15, 0.2) is 303 Å². The predicted molar refractivity (Wildman–Crippen MR) is 429 cm³/mol. The van der Waals surface area contributed by atoms with Crippen LogP contribution in [0.3, 0.4) is 0 Å². The fraction of sp³-hybridized carbons (Fsp3) is 0.0400. The van der Waals surface area contributed by atoms with Gasteiger partial charge in [0.15, 0.2) is 0 Å². The Balaban J connectivity index is 0.688. The lowest BCUT2D eigenvalue weighted by Crippen LogP contribution is -2.09. The molecule has 0 heterocycles. The first kappa shape index (κ1) is 54.6. The summed E-state index contributed by atoms with van der Waals surface area (Å²) in [6, 6.07) is 117. The Labute approximate surface area is 577 Å². The molecule has 0 aliphatic heterocycles. The molecule has 21 aromatic carbocycles. The van der Waals surface area contributed by atoms with Crippen molar-refractivity contribution in [1.82, 2.24) is 0 Å². The van der Waals surface area contributed by atoms with Gasteiger partial charge in [-0.1, -0.05) is 303 Å². The van der Waals surface area contributed by atoms with E-state index in [1.54, 1.807) is 0 Å². The molecule has 0 spiro atoms. The Morgan fingerprint density at radius 2 is 0.290 bits per heavy atom. The Morgan fingerprint density at radius 1 is 0.140 bits per heavy atom. The maximum absolute atomic E-state index is 2.40. The third-order valence-corrected chi connectivity index (χ3v) is 24.1. The van der Waals surface area contributed by atoms with Crippen LogP contribution in [0.4, 0.5) is 0 Å². The zero-order valence-corrected chi connectivity index (χ0v) is 55.3. The third-order valence-electron chi connectivity index (χ3n) is 24.1. The molecule has 0 aromatic heterocycles. The Morgan fingerprint density at radius 3 is 0.490 bits per heavy atom. The van der Waals surface area contributed by atoms with Gasteiger partial charge in [0, 0.05) is 0 Å². The van der Waals surface area contributed by atoms with Crippen LogP contribution in [0.1, 0.15) is 22.3 Å². The first-order valence-corrected chi connectivity index (χ1v) is 35.5. The molecule has 0 heteroatoms. The average molecular weight is 1260 g/mol. The summed E-state index contributed by atoms with van der Waals surface area (Å²) in [7, 11) is 0. The molecule has 0 atom stereocenters. The summed E-state index contributed by atoms with van der Waals surface area (Å²) in [5.41, 5.74) is 28.5. The predicted octanol–water partition coefficient (Wildman–Crippen LogP) is 27.9. The van der Waals surface area contributed by atoms with Gasteiger partial charge >= 0.3 is 0 Å². The monoisotopic (exact) mass is 1260 g/mol. The molecule has 0 N–H and O–H groups in total. The van der Waals surface area contributed by atoms with E-state index in [2.05, 4.69) is 317 Å². The van der Waals surface area contributed by atoms with E-state index in [0.29, 0.717) is 0 Å². The summed E-state index contributed by atoms with van der Waals surface area (Å²) in [5, 5.41) is 31.2. The topological polar surface area (TPSA) is 0 Å². The second-order valence-corrected chi connectivity index (χ2v) is 28.7. The largest absolute Gasteiger partial charge is 0.0610 e. The lowest BCUT2D eigenvalue weighted by atomic mass is 9.78. The van der Waals surface area contributed by atoms with Crippen molar-refractivity contribution in [2.45, 2.75) is 26.7 Å². The van der Waals surface area contributed by atoms with Crippen molar-refractivity contribution in [3.8, 4) is 100 Å². The van der Waals surface area contributed by atoms with Crippen molar-refractivity contribution < 1.29 is 0 Å². The Kier molecular flexibility index (Phi) is 11.0. The average Bonchev–Trinajstić information content (AvgIpc) is 0.722. The second kappa shape index (κ2) is 20.1. The summed E-state index contributed by atoms with van der Waals surface area (Å²) in [5.74, 6) is 0. The van der Waals surface area contributed by atoms with E-state index in [1.165, 1.54) is 252 Å². The van der Waals surface area contributed by atoms with Gasteiger partial charge < -0.3 is 0 Å². The Bertz CT molecular complexity index is 6650. The highest BCUT2D eigenvalue weighted by Crippen LogP contribution is 2.52. The summed E-state index contributed by atoms with van der Waals surface area (Å²) in [6.07, 6.45) is 2.05. The molecule has 0 nitrogen and oxygen atoms in total. The van der Waals surface area contributed by atoms with E-state index in [0.717, 1.165) is 12.8 Å². The van der Waals surface area contributed by atoms with Crippen LogP contribution in [0.2, 0.25) is 0 Å². The first-order chi connectivity index (χ1) is 49.4. The fourth-order valence-electron chi connectivity index (χ4n) is 19.5. The normalized spacial score (nSPS) is 12.8. The van der Waals surface area contributed by atoms with Gasteiger partial charge in [0.2, 0.25) is 0 Å². The van der Waals surface area contributed by atoms with Gasteiger partial charge in [-0.2, -0.15) is 0 Å². The highest BCUT2D eigenvalue weighted by molar-refractivity contribution is 6.38. The molecule has 22 aliphatic carbocycles. The van der Waals surface area contributed by atoms with Crippen molar-refractivity contribution in [3.63, 3.8) is 0 Å². The van der Waals surface area contributed by atoms with E-state index >= 15 is 0 Å². The molecule has 32 bridgehead atoms. The zero-order chi connectivity index (χ0) is 65.3. The molecule has 100 heavy (non-hydrogen) atoms. The van der Waals surface area contributed by atoms with E-state index in [-0.39, 0.29) is 0 Å². The molecule has 460 valence electrons. The molecular formula is C100H60. The zero-order valence-electron chi connectivity index (χ0n) is 55.3. The summed E-state index contributed by atoms with van der Waals surface area (Å²) < 4.78 is 0. The second-order valence-electron chi connectivity index (χ2n) is 28.7. The highest BCUT2D eigenvalue weighted by Gasteiger charge is 2.26. The number of fused-ring (bicyclic) bond motifs is 2. The van der Waals surface area contributed by atoms with E-state index < -0.39 is 0 Å². The van der Waals surface area contributed by atoms with Crippen LogP contribution >= 0.6 is 0 Å². The van der Waals surface area contributed by atoms with Crippen LogP contribution in [-0.2, 0) is 12.8 Å². The van der Waals surface area contributed by atoms with Crippen molar-refractivity contribution >= 4 is 129 Å². The van der Waals surface area contributed by atoms with Crippen LogP contribution in [0.25, 0.3) is 229 Å². The lowest BCUT2D eigenvalue weighted by molar-refractivity contribution is 0.922. The number of rotatable bonds is 0. The molecule has 0 amide bonds. The number of benzene rings is 21. The van der Waals surface area contributed by atoms with E-state index in [4.69, 9.17) is 0 Å². The van der Waals surface area contributed by atoms with Crippen LogP contribution in [0, 0.1) is 13.8 Å². The fourth-order valence-corrected chi connectivity index (χ4v) is 19.5. The van der Waals surface area contributed by atoms with Crippen LogP contribution in [0.5, 0.6) is 0 Å². The van der Waals surface area contributed by atoms with Gasteiger partial charge in [-0.25, -0.2) is 0 Å². The summed E-state index contributed by atoms with van der Waals surface area (Å²) >= 11 is 0. The van der Waals surface area contributed by atoms with Crippen LogP contribution in [-0.4, -0.2) is 0 Å². The van der Waals surface area contributed by atoms with Gasteiger partial charge in [0.25, 0.3) is 0 Å². The van der Waals surface area contributed by atoms with E-state index in [9.17, 15) is 0 Å². The molecule has 21 aromatic rings. The summed E-state index contributed by atoms with van der Waals surface area (Å²) in [4.78, 5) is 0. The van der Waals surface area contributed by atoms with Crippen molar-refractivity contribution in [3.05, 3.63) is 326 Å². The maximum Gasteiger partial charge on any atom is -0.00201 e. The lowest BCUT2D eigenvalue weighted by Gasteiger charge is -2.26. The molecule has 22 aliphatic rings. The highest BCUT2D eigenvalue weighted by atomic mass is 14.3. The first-order valence-electron chi connectivity index (χ1n) is 35.5. The third kappa shape index (κ3) is 7.34. The molecular weight excluding hydrogens is 1200 g/mol. The number of hydrogen-bond donors (Lipinski definition) is 0. The SMILES string of the molecule is Cc1c2ccc3c1CCc1c-3ccc(c1C)-c1ccc(cc1)-c1ccc3c4ccc(c5cccc(c6cccc1c63)c54)-c1ccc(cc1)-c1ccc3c4ccc(c5cccc(c6cccc1c63)c54)-c1ccc(cc1)-c1ccc3c4ccc(c5cccc(c6cccc1c63)c54)-c1ccc-2cc1. The van der Waals surface area contributed by atoms with Crippen molar-refractivity contribution in [2.75, 3.05) is 0 Å². The molecule has 0 saturated carbocycles. The smallest absolute Gasteiger partial charge is 0.00201 e. The quantitative estimate of drug-likeness (QED) is 0.105. The van der Waals surface area contributed by atoms with Gasteiger partial charge in [0.05, 0.1) is 0 Å².